The lowest BCUT2D eigenvalue weighted by Crippen LogP contribution is -1.94. The molecule has 0 aliphatic heterocycles. The third kappa shape index (κ3) is 1.82. The molecular weight excluding hydrogens is 285 g/mol. The van der Waals surface area contributed by atoms with E-state index in [4.69, 9.17) is 0 Å². The fourth-order valence-electron chi connectivity index (χ4n) is 1.69. The van der Waals surface area contributed by atoms with E-state index in [2.05, 4.69) is 25.9 Å². The van der Waals surface area contributed by atoms with Gasteiger partial charge in [0.15, 0.2) is 5.65 Å². The van der Waals surface area contributed by atoms with Gasteiger partial charge >= 0.3 is 0 Å². The van der Waals surface area contributed by atoms with Crippen LogP contribution in [0.4, 0.5) is 4.39 Å². The minimum atomic E-state index is -0.276. The van der Waals surface area contributed by atoms with Gasteiger partial charge in [-0.2, -0.15) is 0 Å². The summed E-state index contributed by atoms with van der Waals surface area (Å²) in [6.07, 6.45) is 3.33. The normalized spacial score (nSPS) is 10.9. The van der Waals surface area contributed by atoms with Crippen LogP contribution in [0.2, 0.25) is 0 Å². The number of aromatic nitrogens is 3. The number of benzene rings is 1. The Labute approximate surface area is 105 Å². The molecule has 2 heterocycles. The molecule has 3 nitrogen and oxygen atoms in total. The fourth-order valence-corrected chi connectivity index (χ4v) is 2.01. The lowest BCUT2D eigenvalue weighted by Gasteiger charge is -2.03. The van der Waals surface area contributed by atoms with Gasteiger partial charge in [-0.15, -0.1) is 0 Å². The fraction of sp³-hybridized carbons (Fsp3) is 0. The molecule has 84 valence electrons. The van der Waals surface area contributed by atoms with Crippen molar-refractivity contribution in [2.24, 2.45) is 0 Å². The van der Waals surface area contributed by atoms with Gasteiger partial charge in [-0.05, 0) is 40.2 Å². The van der Waals surface area contributed by atoms with E-state index in [1.165, 1.54) is 12.1 Å². The molecule has 0 radical (unpaired) electrons. The number of rotatable bonds is 1. The molecule has 1 aromatic carbocycles. The molecular formula is C12H7BrFN3. The van der Waals surface area contributed by atoms with E-state index in [1.54, 1.807) is 23.2 Å². The van der Waals surface area contributed by atoms with E-state index in [-0.39, 0.29) is 5.82 Å². The van der Waals surface area contributed by atoms with Crippen LogP contribution in [0.15, 0.2) is 47.3 Å². The largest absolute Gasteiger partial charge is 0.283 e. The van der Waals surface area contributed by atoms with Crippen LogP contribution in [0.1, 0.15) is 0 Å². The van der Waals surface area contributed by atoms with Crippen LogP contribution in [0.5, 0.6) is 0 Å². The zero-order chi connectivity index (χ0) is 11.8. The molecule has 0 saturated carbocycles. The number of pyridine rings is 1. The summed E-state index contributed by atoms with van der Waals surface area (Å²) in [6.45, 7) is 0. The first kappa shape index (κ1) is 10.4. The van der Waals surface area contributed by atoms with Crippen LogP contribution < -0.4 is 0 Å². The molecule has 0 N–H and O–H groups in total. The summed E-state index contributed by atoms with van der Waals surface area (Å²) in [6, 6.07) is 8.21. The second-order valence-electron chi connectivity index (χ2n) is 3.59. The van der Waals surface area contributed by atoms with Crippen molar-refractivity contribution >= 4 is 27.1 Å². The third-order valence-corrected chi connectivity index (χ3v) is 2.87. The van der Waals surface area contributed by atoms with Gasteiger partial charge in [-0.25, -0.2) is 14.4 Å². The van der Waals surface area contributed by atoms with Crippen molar-refractivity contribution in [3.05, 3.63) is 53.1 Å². The summed E-state index contributed by atoms with van der Waals surface area (Å²) in [4.78, 5) is 8.51. The molecule has 3 rings (SSSR count). The van der Waals surface area contributed by atoms with Crippen molar-refractivity contribution in [3.8, 4) is 5.69 Å². The predicted octanol–water partition coefficient (Wildman–Crippen LogP) is 3.32. The second kappa shape index (κ2) is 3.92. The Hall–Kier alpha value is -1.75. The number of hydrogen-bond acceptors (Lipinski definition) is 2. The van der Waals surface area contributed by atoms with Gasteiger partial charge in [-0.1, -0.05) is 6.07 Å². The highest BCUT2D eigenvalue weighted by atomic mass is 79.9. The molecule has 0 bridgehead atoms. The maximum absolute atomic E-state index is 13.2. The van der Waals surface area contributed by atoms with Gasteiger partial charge < -0.3 is 0 Å². The quantitative estimate of drug-likeness (QED) is 0.689. The molecule has 0 spiro atoms. The maximum atomic E-state index is 13.2. The maximum Gasteiger partial charge on any atom is 0.164 e. The molecule has 0 aliphatic rings. The summed E-state index contributed by atoms with van der Waals surface area (Å²) >= 11 is 3.34. The van der Waals surface area contributed by atoms with Crippen LogP contribution >= 0.6 is 15.9 Å². The zero-order valence-electron chi connectivity index (χ0n) is 8.64. The highest BCUT2D eigenvalue weighted by molar-refractivity contribution is 9.10. The van der Waals surface area contributed by atoms with Crippen molar-refractivity contribution in [1.82, 2.24) is 14.5 Å². The van der Waals surface area contributed by atoms with Gasteiger partial charge in [0.2, 0.25) is 0 Å². The van der Waals surface area contributed by atoms with Crippen LogP contribution in [-0.2, 0) is 0 Å². The van der Waals surface area contributed by atoms with Crippen molar-refractivity contribution in [3.63, 3.8) is 0 Å². The van der Waals surface area contributed by atoms with Crippen LogP contribution in [0, 0.1) is 5.82 Å². The molecule has 2 aromatic heterocycles. The van der Waals surface area contributed by atoms with E-state index in [1.807, 2.05) is 12.1 Å². The van der Waals surface area contributed by atoms with Gasteiger partial charge in [0.25, 0.3) is 0 Å². The molecule has 17 heavy (non-hydrogen) atoms. The number of hydrogen-bond donors (Lipinski definition) is 0. The van der Waals surface area contributed by atoms with E-state index in [9.17, 15) is 4.39 Å². The van der Waals surface area contributed by atoms with Crippen molar-refractivity contribution in [1.29, 1.82) is 0 Å². The van der Waals surface area contributed by atoms with Gasteiger partial charge in [-0.3, -0.25) is 4.57 Å². The van der Waals surface area contributed by atoms with E-state index < -0.39 is 0 Å². The van der Waals surface area contributed by atoms with E-state index in [0.29, 0.717) is 11.3 Å². The molecule has 0 saturated heterocycles. The first-order valence-electron chi connectivity index (χ1n) is 4.98. The van der Waals surface area contributed by atoms with Crippen LogP contribution in [0.25, 0.3) is 16.9 Å². The molecule has 0 amide bonds. The molecule has 3 aromatic rings. The summed E-state index contributed by atoms with van der Waals surface area (Å²) in [5, 5.41) is 0. The van der Waals surface area contributed by atoms with E-state index in [0.717, 1.165) is 9.99 Å². The SMILES string of the molecule is Fc1cccc(-n2cnc3cc(Br)cnc32)c1. The summed E-state index contributed by atoms with van der Waals surface area (Å²) in [5.74, 6) is -0.276. The van der Waals surface area contributed by atoms with Crippen molar-refractivity contribution in [2.45, 2.75) is 0 Å². The Bertz CT molecular complexity index is 693. The minimum Gasteiger partial charge on any atom is -0.283 e. The Balaban J connectivity index is 2.24. The number of imidazole rings is 1. The molecule has 0 atom stereocenters. The first-order chi connectivity index (χ1) is 8.24. The van der Waals surface area contributed by atoms with Crippen LogP contribution in [0.3, 0.4) is 0 Å². The Morgan fingerprint density at radius 1 is 1.18 bits per heavy atom. The smallest absolute Gasteiger partial charge is 0.164 e. The average molecular weight is 292 g/mol. The summed E-state index contributed by atoms with van der Waals surface area (Å²) < 4.78 is 15.8. The van der Waals surface area contributed by atoms with Crippen molar-refractivity contribution in [2.75, 3.05) is 0 Å². The molecule has 0 aliphatic carbocycles. The van der Waals surface area contributed by atoms with Crippen LogP contribution in [-0.4, -0.2) is 14.5 Å². The Morgan fingerprint density at radius 3 is 2.88 bits per heavy atom. The second-order valence-corrected chi connectivity index (χ2v) is 4.51. The predicted molar refractivity (Wildman–Crippen MR) is 66.5 cm³/mol. The number of nitrogens with zero attached hydrogens (tertiary/aromatic N) is 3. The first-order valence-corrected chi connectivity index (χ1v) is 5.78. The zero-order valence-corrected chi connectivity index (χ0v) is 10.2. The number of halogens is 2. The lowest BCUT2D eigenvalue weighted by atomic mass is 10.3. The molecule has 0 unspecified atom stereocenters. The monoisotopic (exact) mass is 291 g/mol. The minimum absolute atomic E-state index is 0.276. The lowest BCUT2D eigenvalue weighted by molar-refractivity contribution is 0.626. The molecule has 5 heteroatoms. The van der Waals surface area contributed by atoms with Crippen molar-refractivity contribution < 1.29 is 4.39 Å². The standard InChI is InChI=1S/C12H7BrFN3/c13-8-4-11-12(15-6-8)17(7-16-11)10-3-1-2-9(14)5-10/h1-7H. The Morgan fingerprint density at radius 2 is 2.06 bits per heavy atom. The van der Waals surface area contributed by atoms with Gasteiger partial charge in [0.05, 0.1) is 5.69 Å². The molecule has 0 fully saturated rings. The highest BCUT2D eigenvalue weighted by Crippen LogP contribution is 2.19. The van der Waals surface area contributed by atoms with Gasteiger partial charge in [0, 0.05) is 10.7 Å². The van der Waals surface area contributed by atoms with Gasteiger partial charge in [0.1, 0.15) is 17.7 Å². The van der Waals surface area contributed by atoms with E-state index >= 15 is 0 Å². The number of fused-ring (bicyclic) bond motifs is 1. The third-order valence-electron chi connectivity index (χ3n) is 2.44. The Kier molecular flexibility index (Phi) is 2.40. The average Bonchev–Trinajstić information content (AvgIpc) is 2.71. The topological polar surface area (TPSA) is 30.7 Å². The summed E-state index contributed by atoms with van der Waals surface area (Å²) in [7, 11) is 0. The highest BCUT2D eigenvalue weighted by Gasteiger charge is 2.06. The summed E-state index contributed by atoms with van der Waals surface area (Å²) in [5.41, 5.74) is 2.18.